The average Bonchev–Trinajstić information content (AvgIpc) is 2.79. The van der Waals surface area contributed by atoms with Crippen molar-refractivity contribution in [3.05, 3.63) is 95.6 Å². The molecular formula is C27H26N4O2. The van der Waals surface area contributed by atoms with E-state index in [-0.39, 0.29) is 12.1 Å². The van der Waals surface area contributed by atoms with E-state index < -0.39 is 0 Å². The fourth-order valence-electron chi connectivity index (χ4n) is 3.70. The minimum Gasteiger partial charge on any atom is -0.462 e. The Morgan fingerprint density at radius 3 is 1.45 bits per heavy atom. The number of esters is 1. The number of pyridine rings is 4. The van der Waals surface area contributed by atoms with Crippen molar-refractivity contribution in [2.24, 2.45) is 0 Å². The van der Waals surface area contributed by atoms with Crippen LogP contribution in [0.5, 0.6) is 0 Å². The molecule has 0 amide bonds. The minimum atomic E-state index is -0.385. The summed E-state index contributed by atoms with van der Waals surface area (Å²) in [6.45, 7) is 5.34. The van der Waals surface area contributed by atoms with Crippen LogP contribution in [0.4, 0.5) is 0 Å². The minimum absolute atomic E-state index is 0.326. The third kappa shape index (κ3) is 6.07. The summed E-state index contributed by atoms with van der Waals surface area (Å²) in [5, 5.41) is 0. The molecule has 0 unspecified atom stereocenters. The molecule has 0 atom stereocenters. The highest BCUT2D eigenvalue weighted by molar-refractivity contribution is 5.66. The lowest BCUT2D eigenvalue weighted by atomic mass is 10.1. The standard InChI is InChI=1S/C27H26N4O2/c1-18-8-4-12-24(28-18)26-14-6-10-21(30-26)16-23(33-20(3)32)17-22-11-7-15-27(31-22)25-13-5-9-19(2)29-25/h4-15,23H,16-17H2,1-3H3. The Balaban J connectivity index is 1.56. The molecule has 4 aromatic rings. The lowest BCUT2D eigenvalue weighted by molar-refractivity contribution is -0.146. The van der Waals surface area contributed by atoms with Gasteiger partial charge in [0.25, 0.3) is 0 Å². The molecule has 0 saturated heterocycles. The second-order valence-corrected chi connectivity index (χ2v) is 8.00. The molecule has 6 nitrogen and oxygen atoms in total. The molecule has 0 spiro atoms. The number of ether oxygens (including phenoxy) is 1. The van der Waals surface area contributed by atoms with Crippen LogP contribution in [-0.4, -0.2) is 32.0 Å². The van der Waals surface area contributed by atoms with Crippen LogP contribution in [0.15, 0.2) is 72.8 Å². The summed E-state index contributed by atoms with van der Waals surface area (Å²) >= 11 is 0. The molecule has 0 aliphatic heterocycles. The van der Waals surface area contributed by atoms with E-state index in [1.54, 1.807) is 0 Å². The molecule has 4 heterocycles. The number of rotatable bonds is 7. The number of carbonyl (C=O) groups is 1. The van der Waals surface area contributed by atoms with E-state index in [1.165, 1.54) is 6.92 Å². The molecule has 0 aliphatic rings. The summed E-state index contributed by atoms with van der Waals surface area (Å²) in [6.07, 6.45) is 0.575. The summed E-state index contributed by atoms with van der Waals surface area (Å²) in [5.41, 5.74) is 6.77. The quantitative estimate of drug-likeness (QED) is 0.381. The van der Waals surface area contributed by atoms with Crippen LogP contribution in [0, 0.1) is 13.8 Å². The summed E-state index contributed by atoms with van der Waals surface area (Å²) < 4.78 is 5.64. The van der Waals surface area contributed by atoms with E-state index in [0.29, 0.717) is 12.8 Å². The normalized spacial score (nSPS) is 10.9. The topological polar surface area (TPSA) is 77.9 Å². The summed E-state index contributed by atoms with van der Waals surface area (Å²) in [5.74, 6) is -0.326. The van der Waals surface area contributed by atoms with Gasteiger partial charge in [-0.15, -0.1) is 0 Å². The van der Waals surface area contributed by atoms with E-state index in [2.05, 4.69) is 9.97 Å². The van der Waals surface area contributed by atoms with E-state index in [1.807, 2.05) is 86.6 Å². The Bertz CT molecular complexity index is 1180. The van der Waals surface area contributed by atoms with Gasteiger partial charge in [-0.3, -0.25) is 24.7 Å². The van der Waals surface area contributed by atoms with Crippen LogP contribution >= 0.6 is 0 Å². The SMILES string of the molecule is CC(=O)OC(Cc1cccc(-c2cccc(C)n2)n1)Cc1cccc(-c2cccc(C)n2)n1. The molecule has 6 heteroatoms. The summed E-state index contributed by atoms with van der Waals surface area (Å²) in [7, 11) is 0. The third-order valence-electron chi connectivity index (χ3n) is 5.12. The molecule has 166 valence electrons. The van der Waals surface area contributed by atoms with Crippen molar-refractivity contribution in [2.45, 2.75) is 39.7 Å². The first-order chi connectivity index (χ1) is 16.0. The Morgan fingerprint density at radius 2 is 1.06 bits per heavy atom. The van der Waals surface area contributed by atoms with Crippen molar-refractivity contribution in [3.63, 3.8) is 0 Å². The Morgan fingerprint density at radius 1 is 0.667 bits per heavy atom. The lowest BCUT2D eigenvalue weighted by Crippen LogP contribution is -2.23. The van der Waals surface area contributed by atoms with Crippen LogP contribution in [0.2, 0.25) is 0 Å². The van der Waals surface area contributed by atoms with Gasteiger partial charge in [0.1, 0.15) is 6.10 Å². The van der Waals surface area contributed by atoms with E-state index >= 15 is 0 Å². The van der Waals surface area contributed by atoms with Crippen LogP contribution in [-0.2, 0) is 22.4 Å². The van der Waals surface area contributed by atoms with Crippen LogP contribution in [0.3, 0.4) is 0 Å². The molecule has 0 bridgehead atoms. The van der Waals surface area contributed by atoms with Crippen molar-refractivity contribution in [1.29, 1.82) is 0 Å². The zero-order valence-corrected chi connectivity index (χ0v) is 19.0. The zero-order chi connectivity index (χ0) is 23.2. The smallest absolute Gasteiger partial charge is 0.302 e. The van der Waals surface area contributed by atoms with Gasteiger partial charge in [0.05, 0.1) is 22.8 Å². The van der Waals surface area contributed by atoms with Gasteiger partial charge in [0.15, 0.2) is 0 Å². The van der Waals surface area contributed by atoms with E-state index in [4.69, 9.17) is 14.7 Å². The van der Waals surface area contributed by atoms with Gasteiger partial charge in [-0.05, 0) is 62.4 Å². The molecule has 0 aromatic carbocycles. The molecule has 0 saturated carbocycles. The molecular weight excluding hydrogens is 412 g/mol. The maximum absolute atomic E-state index is 11.8. The molecule has 4 rings (SSSR count). The second kappa shape index (κ2) is 10.1. The van der Waals surface area contributed by atoms with Gasteiger partial charge < -0.3 is 4.74 Å². The number of nitrogens with zero attached hydrogens (tertiary/aromatic N) is 4. The summed E-state index contributed by atoms with van der Waals surface area (Å²) in [4.78, 5) is 30.5. The molecule has 33 heavy (non-hydrogen) atoms. The Hall–Kier alpha value is -3.93. The average molecular weight is 439 g/mol. The molecule has 4 aromatic heterocycles. The van der Waals surface area contributed by atoms with Gasteiger partial charge in [-0.25, -0.2) is 0 Å². The Labute approximate surface area is 193 Å². The molecule has 0 N–H and O–H groups in total. The van der Waals surface area contributed by atoms with E-state index in [0.717, 1.165) is 45.6 Å². The lowest BCUT2D eigenvalue weighted by Gasteiger charge is -2.17. The summed E-state index contributed by atoms with van der Waals surface area (Å²) in [6, 6.07) is 23.4. The first-order valence-electron chi connectivity index (χ1n) is 10.9. The monoisotopic (exact) mass is 438 g/mol. The molecule has 0 fully saturated rings. The number of hydrogen-bond acceptors (Lipinski definition) is 6. The van der Waals surface area contributed by atoms with Gasteiger partial charge in [-0.2, -0.15) is 0 Å². The fraction of sp³-hybridized carbons (Fsp3) is 0.222. The van der Waals surface area contributed by atoms with Crippen molar-refractivity contribution in [1.82, 2.24) is 19.9 Å². The predicted molar refractivity (Wildman–Crippen MR) is 127 cm³/mol. The van der Waals surface area contributed by atoms with Crippen LogP contribution < -0.4 is 0 Å². The third-order valence-corrected chi connectivity index (χ3v) is 5.12. The van der Waals surface area contributed by atoms with Crippen LogP contribution in [0.25, 0.3) is 22.8 Å². The van der Waals surface area contributed by atoms with Crippen molar-refractivity contribution in [3.8, 4) is 22.8 Å². The maximum atomic E-state index is 11.8. The number of carbonyl (C=O) groups excluding carboxylic acids is 1. The van der Waals surface area contributed by atoms with E-state index in [9.17, 15) is 4.79 Å². The highest BCUT2D eigenvalue weighted by Gasteiger charge is 2.17. The highest BCUT2D eigenvalue weighted by Crippen LogP contribution is 2.19. The van der Waals surface area contributed by atoms with Crippen LogP contribution in [0.1, 0.15) is 29.7 Å². The highest BCUT2D eigenvalue weighted by atomic mass is 16.5. The van der Waals surface area contributed by atoms with Gasteiger partial charge >= 0.3 is 5.97 Å². The first-order valence-corrected chi connectivity index (χ1v) is 10.9. The molecule has 0 aliphatic carbocycles. The Kier molecular flexibility index (Phi) is 6.83. The van der Waals surface area contributed by atoms with Gasteiger partial charge in [0.2, 0.25) is 0 Å². The number of hydrogen-bond donors (Lipinski definition) is 0. The first kappa shape index (κ1) is 22.3. The largest absolute Gasteiger partial charge is 0.462 e. The number of aromatic nitrogens is 4. The number of aryl methyl sites for hydroxylation is 2. The zero-order valence-electron chi connectivity index (χ0n) is 19.0. The second-order valence-electron chi connectivity index (χ2n) is 8.00. The van der Waals surface area contributed by atoms with Crippen molar-refractivity contribution in [2.75, 3.05) is 0 Å². The van der Waals surface area contributed by atoms with Gasteiger partial charge in [0, 0.05) is 42.5 Å². The van der Waals surface area contributed by atoms with Crippen molar-refractivity contribution >= 4 is 5.97 Å². The fourth-order valence-corrected chi connectivity index (χ4v) is 3.70. The molecule has 0 radical (unpaired) electrons. The van der Waals surface area contributed by atoms with Gasteiger partial charge in [-0.1, -0.05) is 24.3 Å². The van der Waals surface area contributed by atoms with Crippen molar-refractivity contribution < 1.29 is 9.53 Å². The maximum Gasteiger partial charge on any atom is 0.302 e. The predicted octanol–water partition coefficient (Wildman–Crippen LogP) is 4.93.